The third kappa shape index (κ3) is 3.21. The first-order valence-electron chi connectivity index (χ1n) is 9.49. The van der Waals surface area contributed by atoms with Gasteiger partial charge in [0.25, 0.3) is 11.8 Å². The second-order valence-corrected chi connectivity index (χ2v) is 7.52. The number of rotatable bonds is 3. The molecular formula is C20H25N3O3. The molecule has 2 amide bonds. The van der Waals surface area contributed by atoms with E-state index in [0.717, 1.165) is 0 Å². The molecule has 1 aliphatic carbocycles. The summed E-state index contributed by atoms with van der Waals surface area (Å²) in [5.74, 6) is -0.807. The molecule has 138 valence electrons. The highest BCUT2D eigenvalue weighted by Crippen LogP contribution is 2.33. The Labute approximate surface area is 153 Å². The number of amides is 2. The zero-order valence-corrected chi connectivity index (χ0v) is 14.8. The lowest BCUT2D eigenvalue weighted by Gasteiger charge is -2.26. The zero-order chi connectivity index (χ0) is 18.1. The predicted molar refractivity (Wildman–Crippen MR) is 98.8 cm³/mol. The largest absolute Gasteiger partial charge is 0.511 e. The summed E-state index contributed by atoms with van der Waals surface area (Å²) in [6.45, 7) is 1.17. The number of anilines is 1. The molecule has 0 aromatic heterocycles. The SMILES string of the molecule is O=C(Nc1ccc(C2CCCCC2)cc1)C1=C(O)[C@@H]2CNC[C@H]2NC1=O. The van der Waals surface area contributed by atoms with Gasteiger partial charge in [0.2, 0.25) is 0 Å². The normalized spacial score (nSPS) is 26.4. The van der Waals surface area contributed by atoms with E-state index in [0.29, 0.717) is 24.7 Å². The van der Waals surface area contributed by atoms with Gasteiger partial charge in [0.1, 0.15) is 11.3 Å². The summed E-state index contributed by atoms with van der Waals surface area (Å²) < 4.78 is 0. The number of nitrogens with one attached hydrogen (secondary N) is 3. The molecule has 2 fully saturated rings. The van der Waals surface area contributed by atoms with Crippen LogP contribution in [0.2, 0.25) is 0 Å². The Kier molecular flexibility index (Phi) is 4.68. The van der Waals surface area contributed by atoms with Gasteiger partial charge in [-0.05, 0) is 36.5 Å². The van der Waals surface area contributed by atoms with Crippen LogP contribution in [0, 0.1) is 5.92 Å². The first-order valence-corrected chi connectivity index (χ1v) is 9.49. The highest BCUT2D eigenvalue weighted by molar-refractivity contribution is 6.23. The third-order valence-corrected chi connectivity index (χ3v) is 5.84. The first kappa shape index (κ1) is 17.1. The summed E-state index contributed by atoms with van der Waals surface area (Å²) in [7, 11) is 0. The fourth-order valence-corrected chi connectivity index (χ4v) is 4.35. The molecule has 2 atom stereocenters. The van der Waals surface area contributed by atoms with Gasteiger partial charge in [-0.25, -0.2) is 0 Å². The van der Waals surface area contributed by atoms with Crippen molar-refractivity contribution in [2.45, 2.75) is 44.1 Å². The van der Waals surface area contributed by atoms with E-state index in [9.17, 15) is 14.7 Å². The molecule has 4 rings (SSSR count). The van der Waals surface area contributed by atoms with Crippen LogP contribution >= 0.6 is 0 Å². The van der Waals surface area contributed by atoms with Crippen LogP contribution in [-0.4, -0.2) is 36.1 Å². The number of hydrogen-bond donors (Lipinski definition) is 4. The summed E-state index contributed by atoms with van der Waals surface area (Å²) in [4.78, 5) is 24.8. The van der Waals surface area contributed by atoms with Crippen molar-refractivity contribution in [1.82, 2.24) is 10.6 Å². The molecule has 0 radical (unpaired) electrons. The Morgan fingerprint density at radius 3 is 2.54 bits per heavy atom. The Balaban J connectivity index is 1.47. The smallest absolute Gasteiger partial charge is 0.264 e. The van der Waals surface area contributed by atoms with E-state index in [-0.39, 0.29) is 23.3 Å². The summed E-state index contributed by atoms with van der Waals surface area (Å²) in [5, 5.41) is 19.1. The van der Waals surface area contributed by atoms with Gasteiger partial charge in [-0.1, -0.05) is 31.4 Å². The van der Waals surface area contributed by atoms with E-state index in [1.165, 1.54) is 37.7 Å². The fourth-order valence-electron chi connectivity index (χ4n) is 4.35. The number of carbonyl (C=O) groups is 2. The van der Waals surface area contributed by atoms with Crippen LogP contribution < -0.4 is 16.0 Å². The van der Waals surface area contributed by atoms with Crippen molar-refractivity contribution in [3.63, 3.8) is 0 Å². The molecular weight excluding hydrogens is 330 g/mol. The Morgan fingerprint density at radius 2 is 1.81 bits per heavy atom. The molecule has 1 saturated carbocycles. The maximum absolute atomic E-state index is 12.6. The van der Waals surface area contributed by atoms with Crippen LogP contribution in [0.3, 0.4) is 0 Å². The minimum absolute atomic E-state index is 0.111. The van der Waals surface area contributed by atoms with Crippen molar-refractivity contribution in [1.29, 1.82) is 0 Å². The molecule has 1 saturated heterocycles. The lowest BCUT2D eigenvalue weighted by Crippen LogP contribution is -2.48. The molecule has 3 aliphatic rings. The van der Waals surface area contributed by atoms with Crippen LogP contribution in [0.5, 0.6) is 0 Å². The Bertz CT molecular complexity index is 735. The van der Waals surface area contributed by atoms with E-state index >= 15 is 0 Å². The second kappa shape index (κ2) is 7.11. The van der Waals surface area contributed by atoms with Gasteiger partial charge in [-0.15, -0.1) is 0 Å². The average molecular weight is 355 g/mol. The molecule has 2 heterocycles. The summed E-state index contributed by atoms with van der Waals surface area (Å²) >= 11 is 0. The van der Waals surface area contributed by atoms with Crippen LogP contribution in [0.1, 0.15) is 43.6 Å². The molecule has 0 spiro atoms. The first-order chi connectivity index (χ1) is 12.6. The van der Waals surface area contributed by atoms with Crippen LogP contribution in [0.4, 0.5) is 5.69 Å². The van der Waals surface area contributed by atoms with Gasteiger partial charge in [-0.2, -0.15) is 0 Å². The van der Waals surface area contributed by atoms with Crippen molar-refractivity contribution in [2.75, 3.05) is 18.4 Å². The topological polar surface area (TPSA) is 90.5 Å². The number of hydrogen-bond acceptors (Lipinski definition) is 4. The Hall–Kier alpha value is -2.34. The number of fused-ring (bicyclic) bond motifs is 1. The van der Waals surface area contributed by atoms with E-state index in [2.05, 4.69) is 28.1 Å². The maximum atomic E-state index is 12.6. The molecule has 0 unspecified atom stereocenters. The maximum Gasteiger partial charge on any atom is 0.264 e. The fraction of sp³-hybridized carbons (Fsp3) is 0.500. The molecule has 4 N–H and O–H groups in total. The van der Waals surface area contributed by atoms with Gasteiger partial charge in [0, 0.05) is 18.8 Å². The van der Waals surface area contributed by atoms with E-state index in [1.54, 1.807) is 0 Å². The minimum Gasteiger partial charge on any atom is -0.511 e. The second-order valence-electron chi connectivity index (χ2n) is 7.52. The summed E-state index contributed by atoms with van der Waals surface area (Å²) in [5.41, 5.74) is 1.76. The molecule has 26 heavy (non-hydrogen) atoms. The highest BCUT2D eigenvalue weighted by atomic mass is 16.3. The monoisotopic (exact) mass is 355 g/mol. The van der Waals surface area contributed by atoms with Crippen LogP contribution in [0.25, 0.3) is 0 Å². The van der Waals surface area contributed by atoms with Crippen molar-refractivity contribution in [2.24, 2.45) is 5.92 Å². The number of aliphatic hydroxyl groups excluding tert-OH is 1. The summed E-state index contributed by atoms with van der Waals surface area (Å²) in [6.07, 6.45) is 6.33. The van der Waals surface area contributed by atoms with Gasteiger partial charge < -0.3 is 21.1 Å². The van der Waals surface area contributed by atoms with Crippen LogP contribution in [0.15, 0.2) is 35.6 Å². The molecule has 1 aromatic rings. The quantitative estimate of drug-likeness (QED) is 0.626. The molecule has 6 heteroatoms. The molecule has 0 bridgehead atoms. The van der Waals surface area contributed by atoms with E-state index in [4.69, 9.17) is 0 Å². The van der Waals surface area contributed by atoms with Crippen LogP contribution in [-0.2, 0) is 9.59 Å². The van der Waals surface area contributed by atoms with E-state index < -0.39 is 11.8 Å². The highest BCUT2D eigenvalue weighted by Gasteiger charge is 2.41. The van der Waals surface area contributed by atoms with Crippen molar-refractivity contribution < 1.29 is 14.7 Å². The van der Waals surface area contributed by atoms with Crippen molar-refractivity contribution in [3.05, 3.63) is 41.2 Å². The minimum atomic E-state index is -0.559. The molecule has 2 aliphatic heterocycles. The van der Waals surface area contributed by atoms with Gasteiger partial charge >= 0.3 is 0 Å². The Morgan fingerprint density at radius 1 is 1.08 bits per heavy atom. The van der Waals surface area contributed by atoms with Gasteiger partial charge in [0.05, 0.1) is 12.0 Å². The zero-order valence-electron chi connectivity index (χ0n) is 14.8. The average Bonchev–Trinajstić information content (AvgIpc) is 3.12. The number of benzene rings is 1. The molecule has 1 aromatic carbocycles. The van der Waals surface area contributed by atoms with E-state index in [1.807, 2.05) is 12.1 Å². The summed E-state index contributed by atoms with van der Waals surface area (Å²) in [6, 6.07) is 7.71. The number of aliphatic hydroxyl groups is 1. The lowest BCUT2D eigenvalue weighted by atomic mass is 9.84. The van der Waals surface area contributed by atoms with Crippen molar-refractivity contribution >= 4 is 17.5 Å². The van der Waals surface area contributed by atoms with Crippen molar-refractivity contribution in [3.8, 4) is 0 Å². The number of carbonyl (C=O) groups excluding carboxylic acids is 2. The third-order valence-electron chi connectivity index (χ3n) is 5.84. The standard InChI is InChI=1S/C20H25N3O3/c24-18-15-10-21-11-16(15)23-20(26)17(18)19(25)22-14-8-6-13(7-9-14)12-4-2-1-3-5-12/h6-9,12,15-16,21,24H,1-5,10-11H2,(H,22,25)(H,23,26)/t15-,16-/m1/s1. The predicted octanol–water partition coefficient (Wildman–Crippen LogP) is 2.20. The lowest BCUT2D eigenvalue weighted by molar-refractivity contribution is -0.123. The van der Waals surface area contributed by atoms with Gasteiger partial charge in [0.15, 0.2) is 0 Å². The molecule has 6 nitrogen and oxygen atoms in total. The van der Waals surface area contributed by atoms with Gasteiger partial charge in [-0.3, -0.25) is 9.59 Å².